The lowest BCUT2D eigenvalue weighted by Crippen LogP contribution is -2.33. The molecule has 0 aromatic carbocycles. The van der Waals surface area contributed by atoms with Crippen molar-refractivity contribution in [3.05, 3.63) is 23.9 Å². The van der Waals surface area contributed by atoms with E-state index in [1.165, 1.54) is 25.7 Å². The Hall–Kier alpha value is -1.23. The van der Waals surface area contributed by atoms with E-state index >= 15 is 0 Å². The molecule has 3 nitrogen and oxygen atoms in total. The lowest BCUT2D eigenvalue weighted by molar-refractivity contribution is 0.254. The van der Waals surface area contributed by atoms with E-state index in [9.17, 15) is 8.78 Å². The Morgan fingerprint density at radius 3 is 2.78 bits per heavy atom. The maximum atomic E-state index is 13.3. The summed E-state index contributed by atoms with van der Waals surface area (Å²) in [7, 11) is 2.09. The van der Waals surface area contributed by atoms with Crippen molar-refractivity contribution in [1.82, 2.24) is 9.88 Å². The van der Waals surface area contributed by atoms with Crippen LogP contribution in [0.1, 0.15) is 25.7 Å². The normalized spacial score (nSPS) is 16.4. The zero-order valence-corrected chi connectivity index (χ0v) is 10.6. The number of hydrogen-bond donors (Lipinski definition) is 1. The molecule has 0 radical (unpaired) electrons. The minimum Gasteiger partial charge on any atom is -0.366 e. The fourth-order valence-corrected chi connectivity index (χ4v) is 2.42. The van der Waals surface area contributed by atoms with E-state index in [4.69, 9.17) is 0 Å². The Morgan fingerprint density at radius 1 is 1.39 bits per heavy atom. The van der Waals surface area contributed by atoms with Crippen LogP contribution < -0.4 is 5.32 Å². The number of aromatic nitrogens is 1. The van der Waals surface area contributed by atoms with Crippen LogP contribution in [0.25, 0.3) is 0 Å². The van der Waals surface area contributed by atoms with Crippen molar-refractivity contribution in [2.45, 2.75) is 31.7 Å². The summed E-state index contributed by atoms with van der Waals surface area (Å²) in [6, 6.07) is 1.49. The largest absolute Gasteiger partial charge is 0.366 e. The van der Waals surface area contributed by atoms with Crippen molar-refractivity contribution in [2.75, 3.05) is 25.5 Å². The van der Waals surface area contributed by atoms with Crippen molar-refractivity contribution in [3.8, 4) is 0 Å². The summed E-state index contributed by atoms with van der Waals surface area (Å²) in [5.41, 5.74) is 0. The third-order valence-corrected chi connectivity index (χ3v) is 3.51. The van der Waals surface area contributed by atoms with Gasteiger partial charge in [0.15, 0.2) is 11.6 Å². The molecule has 0 unspecified atom stereocenters. The summed E-state index contributed by atoms with van der Waals surface area (Å²) in [5.74, 6) is -1.17. The fraction of sp³-hybridized carbons (Fsp3) is 0.615. The Balaban J connectivity index is 1.77. The quantitative estimate of drug-likeness (QED) is 0.876. The van der Waals surface area contributed by atoms with Crippen LogP contribution in [-0.2, 0) is 0 Å². The third kappa shape index (κ3) is 3.38. The molecule has 1 N–H and O–H groups in total. The zero-order chi connectivity index (χ0) is 13.0. The first-order valence-corrected chi connectivity index (χ1v) is 6.42. The molecule has 1 heterocycles. The van der Waals surface area contributed by atoms with Gasteiger partial charge in [-0.25, -0.2) is 13.8 Å². The molecule has 1 aliphatic rings. The van der Waals surface area contributed by atoms with E-state index < -0.39 is 11.6 Å². The van der Waals surface area contributed by atoms with E-state index in [1.807, 2.05) is 0 Å². The molecule has 0 aliphatic heterocycles. The van der Waals surface area contributed by atoms with Crippen LogP contribution in [0.3, 0.4) is 0 Å². The lowest BCUT2D eigenvalue weighted by Gasteiger charge is -2.24. The van der Waals surface area contributed by atoms with Gasteiger partial charge in [0.05, 0.1) is 6.20 Å². The number of pyridine rings is 1. The summed E-state index contributed by atoms with van der Waals surface area (Å²) in [6.07, 6.45) is 6.12. The molecule has 18 heavy (non-hydrogen) atoms. The second-order valence-corrected chi connectivity index (χ2v) is 4.83. The maximum Gasteiger partial charge on any atom is 0.168 e. The SMILES string of the molecule is CN(CCNc1ncc(F)cc1F)C1CCCC1. The number of rotatable bonds is 5. The number of anilines is 1. The van der Waals surface area contributed by atoms with Gasteiger partial charge in [-0.1, -0.05) is 12.8 Å². The van der Waals surface area contributed by atoms with Gasteiger partial charge < -0.3 is 10.2 Å². The van der Waals surface area contributed by atoms with Crippen LogP contribution in [0.2, 0.25) is 0 Å². The Labute approximate surface area is 106 Å². The highest BCUT2D eigenvalue weighted by atomic mass is 19.1. The molecule has 0 bridgehead atoms. The van der Waals surface area contributed by atoms with Gasteiger partial charge in [-0.15, -0.1) is 0 Å². The van der Waals surface area contributed by atoms with Gasteiger partial charge in [-0.3, -0.25) is 0 Å². The van der Waals surface area contributed by atoms with Crippen LogP contribution in [-0.4, -0.2) is 36.1 Å². The van der Waals surface area contributed by atoms with Gasteiger partial charge >= 0.3 is 0 Å². The summed E-state index contributed by atoms with van der Waals surface area (Å²) >= 11 is 0. The van der Waals surface area contributed by atoms with Gasteiger partial charge in [0.2, 0.25) is 0 Å². The predicted molar refractivity (Wildman–Crippen MR) is 67.5 cm³/mol. The maximum absolute atomic E-state index is 13.3. The molecular weight excluding hydrogens is 236 g/mol. The molecular formula is C13H19F2N3. The monoisotopic (exact) mass is 255 g/mol. The number of nitrogens with zero attached hydrogens (tertiary/aromatic N) is 2. The second kappa shape index (κ2) is 6.09. The van der Waals surface area contributed by atoms with Crippen molar-refractivity contribution in [1.29, 1.82) is 0 Å². The van der Waals surface area contributed by atoms with Gasteiger partial charge in [0, 0.05) is 25.2 Å². The molecule has 1 saturated carbocycles. The number of hydrogen-bond acceptors (Lipinski definition) is 3. The van der Waals surface area contributed by atoms with E-state index in [0.29, 0.717) is 12.6 Å². The van der Waals surface area contributed by atoms with E-state index in [2.05, 4.69) is 22.2 Å². The van der Waals surface area contributed by atoms with Gasteiger partial charge in [0.1, 0.15) is 5.82 Å². The molecule has 0 saturated heterocycles. The topological polar surface area (TPSA) is 28.2 Å². The van der Waals surface area contributed by atoms with Gasteiger partial charge in [-0.2, -0.15) is 0 Å². The Morgan fingerprint density at radius 2 is 2.11 bits per heavy atom. The Bertz CT molecular complexity index is 392. The zero-order valence-electron chi connectivity index (χ0n) is 10.6. The number of likely N-dealkylation sites (N-methyl/N-ethyl adjacent to an activating group) is 1. The summed E-state index contributed by atoms with van der Waals surface area (Å²) in [5, 5.41) is 2.90. The minimum atomic E-state index is -0.652. The average Bonchev–Trinajstić information content (AvgIpc) is 2.85. The fourth-order valence-electron chi connectivity index (χ4n) is 2.42. The molecule has 0 spiro atoms. The smallest absolute Gasteiger partial charge is 0.168 e. The van der Waals surface area contributed by atoms with Crippen LogP contribution >= 0.6 is 0 Å². The van der Waals surface area contributed by atoms with Crippen molar-refractivity contribution < 1.29 is 8.78 Å². The van der Waals surface area contributed by atoms with Crippen LogP contribution in [0, 0.1) is 11.6 Å². The first-order chi connectivity index (χ1) is 8.66. The molecule has 1 aliphatic carbocycles. The summed E-state index contributed by atoms with van der Waals surface area (Å²) in [6.45, 7) is 1.45. The second-order valence-electron chi connectivity index (χ2n) is 4.83. The third-order valence-electron chi connectivity index (χ3n) is 3.51. The van der Waals surface area contributed by atoms with E-state index in [1.54, 1.807) is 0 Å². The molecule has 0 atom stereocenters. The summed E-state index contributed by atoms with van der Waals surface area (Å²) < 4.78 is 26.0. The molecule has 5 heteroatoms. The predicted octanol–water partition coefficient (Wildman–Crippen LogP) is 2.65. The van der Waals surface area contributed by atoms with Crippen LogP contribution in [0.4, 0.5) is 14.6 Å². The van der Waals surface area contributed by atoms with Crippen LogP contribution in [0.15, 0.2) is 12.3 Å². The molecule has 0 amide bonds. The van der Waals surface area contributed by atoms with Crippen molar-refractivity contribution in [3.63, 3.8) is 0 Å². The van der Waals surface area contributed by atoms with E-state index in [-0.39, 0.29) is 5.82 Å². The molecule has 1 fully saturated rings. The number of halogens is 2. The Kier molecular flexibility index (Phi) is 4.47. The highest BCUT2D eigenvalue weighted by molar-refractivity contribution is 5.35. The molecule has 2 rings (SSSR count). The van der Waals surface area contributed by atoms with Crippen molar-refractivity contribution >= 4 is 5.82 Å². The van der Waals surface area contributed by atoms with Gasteiger partial charge in [0.25, 0.3) is 0 Å². The standard InChI is InChI=1S/C13H19F2N3/c1-18(11-4-2-3-5-11)7-6-16-13-12(15)8-10(14)9-17-13/h8-9,11H,2-7H2,1H3,(H,16,17). The van der Waals surface area contributed by atoms with Gasteiger partial charge in [-0.05, 0) is 19.9 Å². The van der Waals surface area contributed by atoms with Crippen molar-refractivity contribution in [2.24, 2.45) is 0 Å². The molecule has 1 aromatic heterocycles. The lowest BCUT2D eigenvalue weighted by atomic mass is 10.2. The average molecular weight is 255 g/mol. The minimum absolute atomic E-state index is 0.122. The summed E-state index contributed by atoms with van der Waals surface area (Å²) in [4.78, 5) is 5.99. The first kappa shape index (κ1) is 13.2. The highest BCUT2D eigenvalue weighted by Gasteiger charge is 2.18. The molecule has 1 aromatic rings. The first-order valence-electron chi connectivity index (χ1n) is 6.42. The van der Waals surface area contributed by atoms with Crippen LogP contribution in [0.5, 0.6) is 0 Å². The molecule has 100 valence electrons. The number of nitrogens with one attached hydrogen (secondary N) is 1. The highest BCUT2D eigenvalue weighted by Crippen LogP contribution is 2.22. The van der Waals surface area contributed by atoms with E-state index in [0.717, 1.165) is 18.8 Å².